The third-order valence-electron chi connectivity index (χ3n) is 0.454. The first-order valence-electron chi connectivity index (χ1n) is 2.67. The van der Waals surface area contributed by atoms with E-state index in [4.69, 9.17) is 5.53 Å². The highest BCUT2D eigenvalue weighted by atomic mass is 15.7. The normalized spacial score (nSPS) is 13.3. The second-order valence-electron chi connectivity index (χ2n) is 1.10. The van der Waals surface area contributed by atoms with E-state index in [1.165, 1.54) is 7.05 Å². The van der Waals surface area contributed by atoms with Crippen molar-refractivity contribution in [3.8, 4) is 0 Å². The number of nitrogens with zero attached hydrogens (tertiary/aromatic N) is 11. The molecule has 13 heavy (non-hydrogen) atoms. The van der Waals surface area contributed by atoms with Crippen molar-refractivity contribution in [3.05, 3.63) is 0 Å². The molecule has 68 valence electrons. The van der Waals surface area contributed by atoms with E-state index in [1.54, 1.807) is 0 Å². The minimum atomic E-state index is 1.42. The summed E-state index contributed by atoms with van der Waals surface area (Å²) in [6, 6.07) is 0. The minimum absolute atomic E-state index is 1.42. The van der Waals surface area contributed by atoms with Gasteiger partial charge in [0.15, 0.2) is 0 Å². The number of nitrogens with one attached hydrogen (secondary N) is 1. The number of rotatable bonds is 5. The zero-order valence-electron chi connectivity index (χ0n) is 6.42. The van der Waals surface area contributed by atoms with Crippen LogP contribution in [0.15, 0.2) is 57.3 Å². The Labute approximate surface area is 71.1 Å². The van der Waals surface area contributed by atoms with Crippen LogP contribution in [0.2, 0.25) is 0 Å². The van der Waals surface area contributed by atoms with Gasteiger partial charge in [0.1, 0.15) is 0 Å². The lowest BCUT2D eigenvalue weighted by molar-refractivity contribution is 0.757. The van der Waals surface area contributed by atoms with E-state index in [9.17, 15) is 0 Å². The molecule has 0 bridgehead atoms. The van der Waals surface area contributed by atoms with E-state index in [2.05, 4.69) is 57.3 Å². The third-order valence-corrected chi connectivity index (χ3v) is 0.454. The largest absolute Gasteiger partial charge is 0.183 e. The molecule has 0 saturated heterocycles. The Morgan fingerprint density at radius 2 is 1.00 bits per heavy atom. The Balaban J connectivity index is 3.68. The Hall–Kier alpha value is -2.40. The van der Waals surface area contributed by atoms with E-state index in [0.717, 1.165) is 0 Å². The molecule has 0 heterocycles. The molecular weight excluding hydrogens is 180 g/mol. The van der Waals surface area contributed by atoms with Gasteiger partial charge in [0.05, 0.1) is 7.05 Å². The molecule has 0 aliphatic rings. The SMILES string of the molecule is CN=NN=NN=NN=NN=NN=N. The smallest absolute Gasteiger partial charge is 0.0510 e. The summed E-state index contributed by atoms with van der Waals surface area (Å²) in [4.78, 5) is 0. The van der Waals surface area contributed by atoms with E-state index in [0.29, 0.717) is 0 Å². The molecule has 12 nitrogen and oxygen atoms in total. The lowest BCUT2D eigenvalue weighted by Crippen LogP contribution is -1.49. The maximum Gasteiger partial charge on any atom is 0.0510 e. The third kappa shape index (κ3) is 9.60. The monoisotopic (exact) mass is 184 g/mol. The van der Waals surface area contributed by atoms with Gasteiger partial charge in [-0.05, 0) is 52.2 Å². The highest BCUT2D eigenvalue weighted by Crippen LogP contribution is 1.85. The average Bonchev–Trinajstić information content (AvgIpc) is 2.16. The predicted molar refractivity (Wildman–Crippen MR) is 35.4 cm³/mol. The van der Waals surface area contributed by atoms with Gasteiger partial charge in [-0.25, -0.2) is 0 Å². The van der Waals surface area contributed by atoms with Gasteiger partial charge in [0.25, 0.3) is 0 Å². The Morgan fingerprint density at radius 1 is 0.615 bits per heavy atom. The molecule has 0 radical (unpaired) electrons. The summed E-state index contributed by atoms with van der Waals surface area (Å²) in [5.41, 5.74) is 6.15. The van der Waals surface area contributed by atoms with Gasteiger partial charge in [-0.1, -0.05) is 0 Å². The molecule has 0 spiro atoms. The molecular formula is CH4N12. The van der Waals surface area contributed by atoms with Gasteiger partial charge in [0, 0.05) is 0 Å². The van der Waals surface area contributed by atoms with Crippen molar-refractivity contribution < 1.29 is 0 Å². The van der Waals surface area contributed by atoms with Gasteiger partial charge in [0.2, 0.25) is 0 Å². The van der Waals surface area contributed by atoms with Crippen LogP contribution >= 0.6 is 0 Å². The minimum Gasteiger partial charge on any atom is -0.183 e. The molecule has 1 N–H and O–H groups in total. The number of hydrogen-bond donors (Lipinski definition) is 1. The molecule has 0 atom stereocenters. The van der Waals surface area contributed by atoms with Crippen LogP contribution in [0, 0.1) is 5.53 Å². The van der Waals surface area contributed by atoms with Gasteiger partial charge >= 0.3 is 0 Å². The van der Waals surface area contributed by atoms with E-state index in [1.807, 2.05) is 0 Å². The molecule has 0 fully saturated rings. The van der Waals surface area contributed by atoms with Crippen LogP contribution in [0.4, 0.5) is 0 Å². The van der Waals surface area contributed by atoms with E-state index in [-0.39, 0.29) is 0 Å². The molecule has 0 aromatic rings. The lowest BCUT2D eigenvalue weighted by atomic mass is 11.6. The first kappa shape index (κ1) is 10.6. The van der Waals surface area contributed by atoms with Crippen LogP contribution in [-0.4, -0.2) is 7.05 Å². The standard InChI is InChI=1S/CH4N12/c1-3-5-7-9-11-13-12-10-8-6-4-2/h2H,1H3. The van der Waals surface area contributed by atoms with Crippen molar-refractivity contribution in [2.45, 2.75) is 0 Å². The van der Waals surface area contributed by atoms with Gasteiger partial charge in [-0.3, -0.25) is 0 Å². The van der Waals surface area contributed by atoms with Crippen LogP contribution in [0.1, 0.15) is 0 Å². The van der Waals surface area contributed by atoms with Crippen molar-refractivity contribution in [3.63, 3.8) is 0 Å². The van der Waals surface area contributed by atoms with Gasteiger partial charge in [-0.15, -0.1) is 0 Å². The maximum absolute atomic E-state index is 6.15. The van der Waals surface area contributed by atoms with Crippen LogP contribution in [0.3, 0.4) is 0 Å². The quantitative estimate of drug-likeness (QED) is 0.491. The van der Waals surface area contributed by atoms with Crippen molar-refractivity contribution in [1.29, 1.82) is 5.53 Å². The summed E-state index contributed by atoms with van der Waals surface area (Å²) >= 11 is 0. The Bertz CT molecular complexity index is 252. The fraction of sp³-hybridized carbons (Fsp3) is 1.00. The van der Waals surface area contributed by atoms with Gasteiger partial charge in [-0.2, -0.15) is 10.6 Å². The van der Waals surface area contributed by atoms with Crippen molar-refractivity contribution >= 4 is 0 Å². The van der Waals surface area contributed by atoms with Crippen molar-refractivity contribution in [1.82, 2.24) is 0 Å². The Morgan fingerprint density at radius 3 is 1.38 bits per heavy atom. The molecule has 0 unspecified atom stereocenters. The zero-order chi connectivity index (χ0) is 9.78. The van der Waals surface area contributed by atoms with Crippen LogP contribution in [-0.2, 0) is 0 Å². The molecule has 0 aliphatic heterocycles. The summed E-state index contributed by atoms with van der Waals surface area (Å²) in [5.74, 6) is 0. The van der Waals surface area contributed by atoms with Crippen LogP contribution in [0.5, 0.6) is 0 Å². The van der Waals surface area contributed by atoms with Crippen molar-refractivity contribution in [2.24, 2.45) is 57.3 Å². The molecule has 0 aromatic carbocycles. The summed E-state index contributed by atoms with van der Waals surface area (Å²) in [6.07, 6.45) is 0. The topological polar surface area (TPSA) is 160 Å². The molecule has 0 saturated carbocycles. The second kappa shape index (κ2) is 9.60. The summed E-state index contributed by atoms with van der Waals surface area (Å²) in [5, 5.41) is 32.4. The van der Waals surface area contributed by atoms with Crippen LogP contribution < -0.4 is 0 Å². The molecule has 0 aromatic heterocycles. The highest BCUT2D eigenvalue weighted by molar-refractivity contribution is 4.11. The second-order valence-corrected chi connectivity index (χ2v) is 1.10. The fourth-order valence-corrected chi connectivity index (χ4v) is 0.185. The molecule has 12 heteroatoms. The van der Waals surface area contributed by atoms with Gasteiger partial charge < -0.3 is 0 Å². The van der Waals surface area contributed by atoms with Crippen molar-refractivity contribution in [2.75, 3.05) is 7.05 Å². The van der Waals surface area contributed by atoms with Crippen LogP contribution in [0.25, 0.3) is 0 Å². The first-order chi connectivity index (χ1) is 6.41. The first-order valence-corrected chi connectivity index (χ1v) is 2.67. The Kier molecular flexibility index (Phi) is 7.83. The predicted octanol–water partition coefficient (Wildman–Crippen LogP) is 2.48. The zero-order valence-corrected chi connectivity index (χ0v) is 6.42. The lowest BCUT2D eigenvalue weighted by Gasteiger charge is -1.67. The highest BCUT2D eigenvalue weighted by Gasteiger charge is 1.67. The molecule has 0 rings (SSSR count). The fourth-order valence-electron chi connectivity index (χ4n) is 0.185. The number of hydrogen-bond acceptors (Lipinski definition) is 2. The maximum atomic E-state index is 6.15. The molecule has 0 aliphatic carbocycles. The van der Waals surface area contributed by atoms with E-state index >= 15 is 0 Å². The van der Waals surface area contributed by atoms with E-state index < -0.39 is 0 Å². The summed E-state index contributed by atoms with van der Waals surface area (Å²) in [7, 11) is 1.42. The summed E-state index contributed by atoms with van der Waals surface area (Å²) < 4.78 is 0. The molecule has 0 amide bonds. The summed E-state index contributed by atoms with van der Waals surface area (Å²) in [6.45, 7) is 0. The average molecular weight is 184 g/mol.